The predicted molar refractivity (Wildman–Crippen MR) is 78.6 cm³/mol. The number of nitrogens with one attached hydrogen (secondary N) is 1. The quantitative estimate of drug-likeness (QED) is 0.859. The number of halogens is 1. The van der Waals surface area contributed by atoms with Gasteiger partial charge in [0.25, 0.3) is 0 Å². The maximum atomic E-state index is 13.3. The van der Waals surface area contributed by atoms with E-state index in [0.717, 1.165) is 11.1 Å². The minimum Gasteiger partial charge on any atom is -0.494 e. The van der Waals surface area contributed by atoms with E-state index in [2.05, 4.69) is 5.32 Å². The number of ether oxygens (including phenoxy) is 1. The fourth-order valence-corrected chi connectivity index (χ4v) is 2.64. The number of rotatable bonds is 6. The van der Waals surface area contributed by atoms with Gasteiger partial charge < -0.3 is 15.2 Å². The molecule has 2 rings (SSSR count). The molecule has 20 heavy (non-hydrogen) atoms. The zero-order chi connectivity index (χ0) is 14.5. The lowest BCUT2D eigenvalue weighted by molar-refractivity contribution is 0.171. The highest BCUT2D eigenvalue weighted by Crippen LogP contribution is 2.23. The molecule has 2 N–H and O–H groups in total. The van der Waals surface area contributed by atoms with Gasteiger partial charge in [-0.2, -0.15) is 11.3 Å². The van der Waals surface area contributed by atoms with Crippen molar-refractivity contribution in [2.75, 3.05) is 13.7 Å². The van der Waals surface area contributed by atoms with Gasteiger partial charge in [0, 0.05) is 12.6 Å². The van der Waals surface area contributed by atoms with E-state index >= 15 is 0 Å². The van der Waals surface area contributed by atoms with E-state index in [4.69, 9.17) is 4.74 Å². The minimum atomic E-state index is -0.536. The van der Waals surface area contributed by atoms with Gasteiger partial charge in [-0.3, -0.25) is 0 Å². The molecule has 5 heteroatoms. The fourth-order valence-electron chi connectivity index (χ4n) is 1.93. The normalized spacial score (nSPS) is 14.0. The molecule has 1 aromatic heterocycles. The lowest BCUT2D eigenvalue weighted by Crippen LogP contribution is -2.24. The Kier molecular flexibility index (Phi) is 5.11. The number of benzene rings is 1. The second-order valence-corrected chi connectivity index (χ2v) is 5.38. The van der Waals surface area contributed by atoms with Gasteiger partial charge in [-0.1, -0.05) is 6.07 Å². The topological polar surface area (TPSA) is 41.5 Å². The second-order valence-electron chi connectivity index (χ2n) is 4.60. The summed E-state index contributed by atoms with van der Waals surface area (Å²) in [5, 5.41) is 17.1. The Morgan fingerprint density at radius 3 is 2.80 bits per heavy atom. The van der Waals surface area contributed by atoms with Crippen LogP contribution < -0.4 is 10.1 Å². The van der Waals surface area contributed by atoms with Crippen LogP contribution in [0.25, 0.3) is 0 Å². The molecule has 3 nitrogen and oxygen atoms in total. The maximum Gasteiger partial charge on any atom is 0.165 e. The Labute approximate surface area is 122 Å². The number of hydrogen-bond acceptors (Lipinski definition) is 4. The van der Waals surface area contributed by atoms with Crippen molar-refractivity contribution in [3.63, 3.8) is 0 Å². The van der Waals surface area contributed by atoms with E-state index in [1.165, 1.54) is 13.2 Å². The van der Waals surface area contributed by atoms with Gasteiger partial charge in [0.05, 0.1) is 13.2 Å². The van der Waals surface area contributed by atoms with Crippen molar-refractivity contribution in [1.82, 2.24) is 5.32 Å². The third-order valence-corrected chi connectivity index (χ3v) is 3.92. The van der Waals surface area contributed by atoms with E-state index < -0.39 is 6.10 Å². The summed E-state index contributed by atoms with van der Waals surface area (Å²) in [7, 11) is 1.45. The first-order valence-corrected chi connectivity index (χ1v) is 7.33. The molecule has 0 fully saturated rings. The predicted octanol–water partition coefficient (Wildman–Crippen LogP) is 3.28. The molecule has 0 bridgehead atoms. The van der Waals surface area contributed by atoms with E-state index in [-0.39, 0.29) is 17.6 Å². The number of aliphatic hydroxyl groups is 1. The van der Waals surface area contributed by atoms with Crippen LogP contribution in [-0.2, 0) is 0 Å². The second kappa shape index (κ2) is 6.83. The molecule has 0 aliphatic rings. The Morgan fingerprint density at radius 1 is 1.35 bits per heavy atom. The van der Waals surface area contributed by atoms with Crippen molar-refractivity contribution < 1.29 is 14.2 Å². The Morgan fingerprint density at radius 2 is 2.15 bits per heavy atom. The average Bonchev–Trinajstić information content (AvgIpc) is 2.99. The molecule has 0 saturated heterocycles. The lowest BCUT2D eigenvalue weighted by atomic mass is 10.1. The molecule has 0 saturated carbocycles. The highest BCUT2D eigenvalue weighted by Gasteiger charge is 2.12. The van der Waals surface area contributed by atoms with E-state index in [1.54, 1.807) is 23.5 Å². The smallest absolute Gasteiger partial charge is 0.165 e. The first kappa shape index (κ1) is 15.0. The zero-order valence-electron chi connectivity index (χ0n) is 11.5. The van der Waals surface area contributed by atoms with Crippen molar-refractivity contribution >= 4 is 11.3 Å². The Hall–Kier alpha value is -1.43. The van der Waals surface area contributed by atoms with Crippen LogP contribution in [0.5, 0.6) is 5.75 Å². The Balaban J connectivity index is 1.96. The van der Waals surface area contributed by atoms with Crippen LogP contribution in [-0.4, -0.2) is 18.8 Å². The van der Waals surface area contributed by atoms with Crippen LogP contribution in [0.4, 0.5) is 4.39 Å². The summed E-state index contributed by atoms with van der Waals surface area (Å²) in [4.78, 5) is 0. The van der Waals surface area contributed by atoms with Crippen LogP contribution in [0.1, 0.15) is 30.2 Å². The van der Waals surface area contributed by atoms with E-state index in [1.807, 2.05) is 23.8 Å². The van der Waals surface area contributed by atoms with Gasteiger partial charge in [0.15, 0.2) is 11.6 Å². The minimum absolute atomic E-state index is 0.00205. The molecule has 2 atom stereocenters. The van der Waals surface area contributed by atoms with Crippen LogP contribution in [0.15, 0.2) is 35.0 Å². The molecule has 0 aliphatic heterocycles. The molecule has 0 radical (unpaired) electrons. The summed E-state index contributed by atoms with van der Waals surface area (Å²) < 4.78 is 18.3. The fraction of sp³-hybridized carbons (Fsp3) is 0.333. The summed E-state index contributed by atoms with van der Waals surface area (Å²) >= 11 is 1.56. The summed E-state index contributed by atoms with van der Waals surface area (Å²) in [6.45, 7) is 2.41. The van der Waals surface area contributed by atoms with Crippen molar-refractivity contribution in [1.29, 1.82) is 0 Å². The number of hydrogen-bond donors (Lipinski definition) is 2. The number of thiophene rings is 1. The Bertz CT molecular complexity index is 545. The average molecular weight is 295 g/mol. The van der Waals surface area contributed by atoms with E-state index in [0.29, 0.717) is 6.54 Å². The summed E-state index contributed by atoms with van der Waals surface area (Å²) in [6.07, 6.45) is -0.536. The third-order valence-electron chi connectivity index (χ3n) is 3.22. The largest absolute Gasteiger partial charge is 0.494 e. The highest BCUT2D eigenvalue weighted by atomic mass is 32.1. The molecule has 0 spiro atoms. The van der Waals surface area contributed by atoms with Gasteiger partial charge >= 0.3 is 0 Å². The standard InChI is InChI=1S/C15H18FNO2S/c1-10(11-3-4-13(16)15(7-11)19-2)17-8-14(18)12-5-6-20-9-12/h3-7,9-10,14,17-18H,8H2,1-2H3. The van der Waals surface area contributed by atoms with Crippen LogP contribution >= 0.6 is 11.3 Å². The molecule has 1 aromatic carbocycles. The summed E-state index contributed by atoms with van der Waals surface area (Å²) in [5.74, 6) is -0.142. The highest BCUT2D eigenvalue weighted by molar-refractivity contribution is 7.07. The third kappa shape index (κ3) is 3.56. The molecule has 108 valence electrons. The molecule has 2 unspecified atom stereocenters. The van der Waals surface area contributed by atoms with Crippen molar-refractivity contribution in [2.45, 2.75) is 19.1 Å². The first-order valence-electron chi connectivity index (χ1n) is 6.38. The van der Waals surface area contributed by atoms with Crippen LogP contribution in [0.3, 0.4) is 0 Å². The lowest BCUT2D eigenvalue weighted by Gasteiger charge is -2.17. The van der Waals surface area contributed by atoms with Gasteiger partial charge in [-0.15, -0.1) is 0 Å². The molecular formula is C15H18FNO2S. The number of methoxy groups -OCH3 is 1. The monoisotopic (exact) mass is 295 g/mol. The van der Waals surface area contributed by atoms with Crippen molar-refractivity contribution in [2.24, 2.45) is 0 Å². The van der Waals surface area contributed by atoms with Gasteiger partial charge in [-0.25, -0.2) is 4.39 Å². The van der Waals surface area contributed by atoms with Crippen molar-refractivity contribution in [3.05, 3.63) is 52.0 Å². The summed E-state index contributed by atoms with van der Waals surface area (Å²) in [6, 6.07) is 6.68. The van der Waals surface area contributed by atoms with Gasteiger partial charge in [0.1, 0.15) is 0 Å². The van der Waals surface area contributed by atoms with Gasteiger partial charge in [-0.05, 0) is 47.0 Å². The van der Waals surface area contributed by atoms with E-state index in [9.17, 15) is 9.50 Å². The van der Waals surface area contributed by atoms with Gasteiger partial charge in [0.2, 0.25) is 0 Å². The SMILES string of the molecule is COc1cc(C(C)NCC(O)c2ccsc2)ccc1F. The summed E-state index contributed by atoms with van der Waals surface area (Å²) in [5.41, 5.74) is 1.83. The van der Waals surface area contributed by atoms with Crippen LogP contribution in [0, 0.1) is 5.82 Å². The van der Waals surface area contributed by atoms with Crippen molar-refractivity contribution in [3.8, 4) is 5.75 Å². The molecule has 1 heterocycles. The molecule has 2 aromatic rings. The molecular weight excluding hydrogens is 277 g/mol. The zero-order valence-corrected chi connectivity index (χ0v) is 12.3. The van der Waals surface area contributed by atoms with Crippen LogP contribution in [0.2, 0.25) is 0 Å². The molecule has 0 aliphatic carbocycles. The molecule has 0 amide bonds. The first-order chi connectivity index (χ1) is 9.61. The number of aliphatic hydroxyl groups excluding tert-OH is 1. The maximum absolute atomic E-state index is 13.3.